The highest BCUT2D eigenvalue weighted by atomic mass is 16.4. The molecule has 0 saturated carbocycles. The lowest BCUT2D eigenvalue weighted by Gasteiger charge is -2.06. The van der Waals surface area contributed by atoms with Crippen LogP contribution in [-0.2, 0) is 4.79 Å². The Kier molecular flexibility index (Phi) is 20.1. The lowest BCUT2D eigenvalue weighted by Crippen LogP contribution is -2.16. The summed E-state index contributed by atoms with van der Waals surface area (Å²) >= 11 is 0. The molecule has 5 nitrogen and oxygen atoms in total. The summed E-state index contributed by atoms with van der Waals surface area (Å²) in [6.07, 6.45) is 24.2. The van der Waals surface area contributed by atoms with Gasteiger partial charge in [0.25, 0.3) is 0 Å². The molecule has 0 aliphatic heterocycles. The van der Waals surface area contributed by atoms with E-state index in [1.54, 1.807) is 0 Å². The van der Waals surface area contributed by atoms with E-state index in [4.69, 9.17) is 10.6 Å². The van der Waals surface area contributed by atoms with Gasteiger partial charge in [-0.15, -0.1) is 0 Å². The van der Waals surface area contributed by atoms with Crippen molar-refractivity contribution in [2.24, 2.45) is 5.11 Å². The van der Waals surface area contributed by atoms with Gasteiger partial charge >= 0.3 is 5.97 Å². The first-order chi connectivity index (χ1) is 13.2. The van der Waals surface area contributed by atoms with Crippen LogP contribution in [0.4, 0.5) is 0 Å². The zero-order chi connectivity index (χ0) is 20.0. The van der Waals surface area contributed by atoms with Crippen LogP contribution in [0.2, 0.25) is 0 Å². The van der Waals surface area contributed by atoms with E-state index in [2.05, 4.69) is 16.9 Å². The average molecular weight is 382 g/mol. The number of carboxylic acid groups (broad SMARTS) is 1. The second-order valence-corrected chi connectivity index (χ2v) is 7.86. The molecule has 0 aromatic heterocycles. The fraction of sp³-hybridized carbons (Fsp3) is 0.955. The monoisotopic (exact) mass is 381 g/mol. The van der Waals surface area contributed by atoms with Crippen molar-refractivity contribution in [3.8, 4) is 0 Å². The van der Waals surface area contributed by atoms with Crippen molar-refractivity contribution in [1.29, 1.82) is 0 Å². The summed E-state index contributed by atoms with van der Waals surface area (Å²) in [7, 11) is 0. The van der Waals surface area contributed by atoms with Crippen molar-refractivity contribution in [2.75, 3.05) is 0 Å². The Morgan fingerprint density at radius 3 is 1.37 bits per heavy atom. The summed E-state index contributed by atoms with van der Waals surface area (Å²) in [4.78, 5) is 13.4. The number of nitrogens with zero attached hydrogens (tertiary/aromatic N) is 3. The van der Waals surface area contributed by atoms with E-state index in [9.17, 15) is 4.79 Å². The predicted molar refractivity (Wildman–Crippen MR) is 114 cm³/mol. The topological polar surface area (TPSA) is 86.1 Å². The number of azide groups is 1. The molecule has 0 spiro atoms. The van der Waals surface area contributed by atoms with Crippen LogP contribution < -0.4 is 0 Å². The number of unbranched alkanes of at least 4 members (excludes halogenated alkanes) is 17. The summed E-state index contributed by atoms with van der Waals surface area (Å²) in [6.45, 7) is 2.27. The average Bonchev–Trinajstić information content (AvgIpc) is 2.66. The minimum Gasteiger partial charge on any atom is -0.481 e. The Hall–Kier alpha value is -1.22. The highest BCUT2D eigenvalue weighted by molar-refractivity contribution is 5.73. The maximum atomic E-state index is 10.8. The van der Waals surface area contributed by atoms with E-state index in [0.29, 0.717) is 6.42 Å². The van der Waals surface area contributed by atoms with Gasteiger partial charge in [-0.05, 0) is 12.0 Å². The van der Waals surface area contributed by atoms with E-state index in [-0.39, 0.29) is 0 Å². The predicted octanol–water partition coefficient (Wildman–Crippen LogP) is 8.18. The van der Waals surface area contributed by atoms with Gasteiger partial charge in [-0.25, -0.2) is 0 Å². The van der Waals surface area contributed by atoms with Gasteiger partial charge in [0.1, 0.15) is 6.04 Å². The van der Waals surface area contributed by atoms with Crippen LogP contribution in [0.25, 0.3) is 10.4 Å². The number of hydrogen-bond acceptors (Lipinski definition) is 2. The molecular weight excluding hydrogens is 338 g/mol. The van der Waals surface area contributed by atoms with Crippen LogP contribution in [0.3, 0.4) is 0 Å². The summed E-state index contributed by atoms with van der Waals surface area (Å²) < 4.78 is 0. The molecule has 5 heteroatoms. The molecule has 0 saturated heterocycles. The smallest absolute Gasteiger partial charge is 0.312 e. The third-order valence-electron chi connectivity index (χ3n) is 5.31. The van der Waals surface area contributed by atoms with Crippen molar-refractivity contribution in [1.82, 2.24) is 0 Å². The molecule has 27 heavy (non-hydrogen) atoms. The molecule has 0 aliphatic rings. The summed E-state index contributed by atoms with van der Waals surface area (Å²) in [5.41, 5.74) is 8.33. The van der Waals surface area contributed by atoms with Crippen molar-refractivity contribution in [2.45, 2.75) is 135 Å². The zero-order valence-electron chi connectivity index (χ0n) is 17.7. The Balaban J connectivity index is 3.19. The summed E-state index contributed by atoms with van der Waals surface area (Å²) in [6, 6.07) is -0.893. The summed E-state index contributed by atoms with van der Waals surface area (Å²) in [5, 5.41) is 12.2. The third-order valence-corrected chi connectivity index (χ3v) is 5.31. The molecular formula is C22H43N3O2. The van der Waals surface area contributed by atoms with E-state index in [0.717, 1.165) is 19.3 Å². The van der Waals surface area contributed by atoms with Crippen molar-refractivity contribution in [3.05, 3.63) is 10.4 Å². The van der Waals surface area contributed by atoms with E-state index in [1.165, 1.54) is 96.3 Å². The molecule has 0 heterocycles. The number of aliphatic carboxylic acids is 1. The fourth-order valence-electron chi connectivity index (χ4n) is 3.53. The van der Waals surface area contributed by atoms with Crippen LogP contribution in [-0.4, -0.2) is 17.1 Å². The number of rotatable bonds is 21. The van der Waals surface area contributed by atoms with Gasteiger partial charge in [0.15, 0.2) is 0 Å². The van der Waals surface area contributed by atoms with Crippen LogP contribution >= 0.6 is 0 Å². The van der Waals surface area contributed by atoms with Gasteiger partial charge in [0.2, 0.25) is 0 Å². The van der Waals surface area contributed by atoms with Crippen LogP contribution in [0.5, 0.6) is 0 Å². The lowest BCUT2D eigenvalue weighted by molar-refractivity contribution is -0.138. The Morgan fingerprint density at radius 2 is 1.07 bits per heavy atom. The minimum absolute atomic E-state index is 0.456. The normalized spacial score (nSPS) is 11.9. The molecule has 0 radical (unpaired) electrons. The molecule has 0 fully saturated rings. The highest BCUT2D eigenvalue weighted by Gasteiger charge is 2.14. The van der Waals surface area contributed by atoms with E-state index < -0.39 is 12.0 Å². The zero-order valence-corrected chi connectivity index (χ0v) is 17.7. The van der Waals surface area contributed by atoms with Gasteiger partial charge in [-0.1, -0.05) is 128 Å². The highest BCUT2D eigenvalue weighted by Crippen LogP contribution is 2.15. The molecule has 1 unspecified atom stereocenters. The van der Waals surface area contributed by atoms with Gasteiger partial charge in [0.05, 0.1) is 0 Å². The first kappa shape index (κ1) is 25.8. The Bertz CT molecular complexity index is 380. The van der Waals surface area contributed by atoms with Gasteiger partial charge in [-0.2, -0.15) is 0 Å². The minimum atomic E-state index is -1.01. The molecule has 0 aliphatic carbocycles. The molecule has 0 bridgehead atoms. The largest absolute Gasteiger partial charge is 0.481 e. The summed E-state index contributed by atoms with van der Waals surface area (Å²) in [5.74, 6) is -1.01. The maximum absolute atomic E-state index is 10.8. The van der Waals surface area contributed by atoms with Crippen molar-refractivity contribution >= 4 is 5.97 Å². The Labute approximate surface area is 166 Å². The number of carbonyl (C=O) groups is 1. The number of hydrogen-bond donors (Lipinski definition) is 1. The second kappa shape index (κ2) is 21.1. The number of carboxylic acids is 1. The third kappa shape index (κ3) is 19.3. The van der Waals surface area contributed by atoms with Gasteiger partial charge in [-0.3, -0.25) is 4.79 Å². The van der Waals surface area contributed by atoms with E-state index in [1.807, 2.05) is 0 Å². The maximum Gasteiger partial charge on any atom is 0.312 e. The second-order valence-electron chi connectivity index (χ2n) is 7.86. The van der Waals surface area contributed by atoms with Gasteiger partial charge < -0.3 is 5.11 Å². The van der Waals surface area contributed by atoms with Crippen LogP contribution in [0.15, 0.2) is 5.11 Å². The molecule has 1 atom stereocenters. The van der Waals surface area contributed by atoms with Crippen LogP contribution in [0, 0.1) is 0 Å². The molecule has 0 aromatic carbocycles. The fourth-order valence-corrected chi connectivity index (χ4v) is 3.53. The molecule has 0 aromatic rings. The quantitative estimate of drug-likeness (QED) is 0.0940. The first-order valence-electron chi connectivity index (χ1n) is 11.5. The van der Waals surface area contributed by atoms with Crippen molar-refractivity contribution < 1.29 is 9.90 Å². The SMILES string of the molecule is CCCCCCCCCCCCCCCCCCCCC(N=[N+]=[N-])C(=O)O. The molecule has 0 rings (SSSR count). The molecule has 0 amide bonds. The van der Waals surface area contributed by atoms with Crippen LogP contribution in [0.1, 0.15) is 129 Å². The molecule has 1 N–H and O–H groups in total. The first-order valence-corrected chi connectivity index (χ1v) is 11.5. The van der Waals surface area contributed by atoms with E-state index >= 15 is 0 Å². The van der Waals surface area contributed by atoms with Gasteiger partial charge in [0, 0.05) is 4.91 Å². The lowest BCUT2D eigenvalue weighted by atomic mass is 10.0. The van der Waals surface area contributed by atoms with Crippen molar-refractivity contribution in [3.63, 3.8) is 0 Å². The standard InChI is InChI=1S/C22H43N3O2/c1-2-3-4-5-6-7-8-9-10-11-12-13-14-15-16-17-18-19-20-21(22(26)27)24-25-23/h21H,2-20H2,1H3,(H,26,27). The molecule has 158 valence electrons. The Morgan fingerprint density at radius 1 is 0.741 bits per heavy atom.